The number of carbonyl (C=O) groups is 3. The first-order valence-electron chi connectivity index (χ1n) is 12.6. The summed E-state index contributed by atoms with van der Waals surface area (Å²) in [5, 5.41) is 14.2. The molecule has 3 N–H and O–H groups in total. The molecule has 0 bridgehead atoms. The van der Waals surface area contributed by atoms with Crippen molar-refractivity contribution in [2.75, 3.05) is 12.4 Å². The number of alkyl halides is 3. The van der Waals surface area contributed by atoms with Gasteiger partial charge in [0.15, 0.2) is 11.6 Å². The number of hydrogen-bond acceptors (Lipinski definition) is 5. The number of benzene rings is 2. The van der Waals surface area contributed by atoms with Crippen LogP contribution in [-0.4, -0.2) is 42.1 Å². The largest absolute Gasteiger partial charge is 0.496 e. The Kier molecular flexibility index (Phi) is 8.50. The van der Waals surface area contributed by atoms with Crippen LogP contribution >= 0.6 is 0 Å². The number of rotatable bonds is 8. The maximum Gasteiger partial charge on any atom is 0.419 e. The molecule has 2 aromatic carbocycles. The van der Waals surface area contributed by atoms with Gasteiger partial charge in [-0.05, 0) is 62.8 Å². The fourth-order valence-corrected chi connectivity index (χ4v) is 4.87. The number of amides is 2. The third kappa shape index (κ3) is 6.45. The smallest absolute Gasteiger partial charge is 0.419 e. The minimum absolute atomic E-state index is 0.0578. The maximum atomic E-state index is 14.7. The highest BCUT2D eigenvalue weighted by Crippen LogP contribution is 2.36. The third-order valence-electron chi connectivity index (χ3n) is 7.28. The Bertz CT molecular complexity index is 1290. The van der Waals surface area contributed by atoms with Gasteiger partial charge in [-0.1, -0.05) is 0 Å². The van der Waals surface area contributed by atoms with Crippen LogP contribution in [0.5, 0.6) is 11.5 Å². The van der Waals surface area contributed by atoms with Crippen molar-refractivity contribution in [3.05, 3.63) is 53.1 Å². The summed E-state index contributed by atoms with van der Waals surface area (Å²) in [7, 11) is 1.25. The Morgan fingerprint density at radius 1 is 0.925 bits per heavy atom. The molecule has 0 spiro atoms. The Labute approximate surface area is 225 Å². The monoisotopic (exact) mass is 570 g/mol. The van der Waals surface area contributed by atoms with Gasteiger partial charge >= 0.3 is 12.1 Å². The van der Waals surface area contributed by atoms with Gasteiger partial charge in [0.05, 0.1) is 36.2 Å². The molecule has 8 nitrogen and oxygen atoms in total. The lowest BCUT2D eigenvalue weighted by Gasteiger charge is -2.36. The number of carboxylic acids is 1. The topological polar surface area (TPSA) is 114 Å². The Morgan fingerprint density at radius 2 is 1.62 bits per heavy atom. The third-order valence-corrected chi connectivity index (χ3v) is 7.28. The zero-order chi connectivity index (χ0) is 29.2. The van der Waals surface area contributed by atoms with E-state index in [1.165, 1.54) is 13.2 Å². The second-order valence-corrected chi connectivity index (χ2v) is 9.86. The van der Waals surface area contributed by atoms with E-state index in [1.54, 1.807) is 0 Å². The quantitative estimate of drug-likeness (QED) is 0.378. The van der Waals surface area contributed by atoms with E-state index in [-0.39, 0.29) is 22.7 Å². The van der Waals surface area contributed by atoms with Gasteiger partial charge < -0.3 is 25.2 Å². The number of anilines is 1. The Hall–Kier alpha value is -3.90. The van der Waals surface area contributed by atoms with Crippen molar-refractivity contribution >= 4 is 23.5 Å². The van der Waals surface area contributed by atoms with Crippen molar-refractivity contribution in [2.45, 2.75) is 56.8 Å². The van der Waals surface area contributed by atoms with Crippen molar-refractivity contribution in [1.82, 2.24) is 5.32 Å². The molecule has 0 heterocycles. The first-order valence-corrected chi connectivity index (χ1v) is 12.6. The number of nitrogens with one attached hydrogen (secondary N) is 2. The molecular weight excluding hydrogens is 543 g/mol. The van der Waals surface area contributed by atoms with Crippen LogP contribution in [0.15, 0.2) is 30.3 Å². The van der Waals surface area contributed by atoms with Gasteiger partial charge in [0.2, 0.25) is 5.91 Å². The summed E-state index contributed by atoms with van der Waals surface area (Å²) in [5.41, 5.74) is -1.81. The van der Waals surface area contributed by atoms with E-state index < -0.39 is 65.1 Å². The highest BCUT2D eigenvalue weighted by atomic mass is 19.4. The standard InChI is InChI=1S/C27H27F5N2O6/c1-39-22-12-20(29)23(40-15-5-2-13(3-6-15)26(37)38)11-17(22)25(36)34-21-9-7-16(21)24(35)33-14-4-8-19(28)18(10-14)27(30,31)32/h4,8,10-13,15-16,21H,2-3,5-7,9H2,1H3,(H,33,35)(H,34,36)(H,37,38). The molecule has 0 aliphatic heterocycles. The Morgan fingerprint density at radius 3 is 2.20 bits per heavy atom. The molecule has 2 unspecified atom stereocenters. The molecule has 13 heteroatoms. The summed E-state index contributed by atoms with van der Waals surface area (Å²) in [6.07, 6.45) is -3.05. The van der Waals surface area contributed by atoms with Crippen LogP contribution in [0, 0.1) is 23.5 Å². The molecule has 2 fully saturated rings. The van der Waals surface area contributed by atoms with E-state index in [2.05, 4.69) is 10.6 Å². The van der Waals surface area contributed by atoms with E-state index in [0.717, 1.165) is 12.1 Å². The lowest BCUT2D eigenvalue weighted by Crippen LogP contribution is -2.51. The molecular formula is C27H27F5N2O6. The second kappa shape index (κ2) is 11.7. The number of carbonyl (C=O) groups excluding carboxylic acids is 2. The number of carboxylic acid groups (broad SMARTS) is 1. The first-order chi connectivity index (χ1) is 18.9. The van der Waals surface area contributed by atoms with Crippen LogP contribution < -0.4 is 20.1 Å². The highest BCUT2D eigenvalue weighted by Gasteiger charge is 2.39. The summed E-state index contributed by atoms with van der Waals surface area (Å²) in [5.74, 6) is -5.99. The minimum Gasteiger partial charge on any atom is -0.496 e. The lowest BCUT2D eigenvalue weighted by atomic mass is 9.78. The number of aliphatic carboxylic acids is 1. The zero-order valence-electron chi connectivity index (χ0n) is 21.3. The van der Waals surface area contributed by atoms with Gasteiger partial charge in [-0.2, -0.15) is 13.2 Å². The first kappa shape index (κ1) is 29.1. The van der Waals surface area contributed by atoms with Crippen LogP contribution in [-0.2, 0) is 15.8 Å². The lowest BCUT2D eigenvalue weighted by molar-refractivity contribution is -0.143. The van der Waals surface area contributed by atoms with Gasteiger partial charge in [-0.3, -0.25) is 14.4 Å². The predicted molar refractivity (Wildman–Crippen MR) is 131 cm³/mol. The molecule has 4 rings (SSSR count). The van der Waals surface area contributed by atoms with Gasteiger partial charge in [0, 0.05) is 17.8 Å². The number of ether oxygens (including phenoxy) is 2. The van der Waals surface area contributed by atoms with E-state index in [4.69, 9.17) is 14.6 Å². The molecule has 2 amide bonds. The summed E-state index contributed by atoms with van der Waals surface area (Å²) in [6.45, 7) is 0. The van der Waals surface area contributed by atoms with Gasteiger partial charge in [-0.25, -0.2) is 8.78 Å². The fourth-order valence-electron chi connectivity index (χ4n) is 4.87. The van der Waals surface area contributed by atoms with Gasteiger partial charge in [0.25, 0.3) is 5.91 Å². The highest BCUT2D eigenvalue weighted by molar-refractivity contribution is 5.99. The van der Waals surface area contributed by atoms with Crippen LogP contribution in [0.4, 0.5) is 27.6 Å². The predicted octanol–water partition coefficient (Wildman–Crippen LogP) is 5.16. The van der Waals surface area contributed by atoms with E-state index >= 15 is 0 Å². The van der Waals surface area contributed by atoms with E-state index in [1.807, 2.05) is 0 Å². The molecule has 2 aliphatic rings. The number of hydrogen-bond donors (Lipinski definition) is 3. The Balaban J connectivity index is 1.42. The number of methoxy groups -OCH3 is 1. The van der Waals surface area contributed by atoms with Crippen LogP contribution in [0.3, 0.4) is 0 Å². The van der Waals surface area contributed by atoms with Crippen molar-refractivity contribution in [1.29, 1.82) is 0 Å². The van der Waals surface area contributed by atoms with Crippen molar-refractivity contribution in [3.63, 3.8) is 0 Å². The van der Waals surface area contributed by atoms with Crippen molar-refractivity contribution in [3.8, 4) is 11.5 Å². The summed E-state index contributed by atoms with van der Waals surface area (Å²) < 4.78 is 78.1. The molecule has 2 saturated carbocycles. The second-order valence-electron chi connectivity index (χ2n) is 9.86. The van der Waals surface area contributed by atoms with Gasteiger partial charge in [-0.15, -0.1) is 0 Å². The molecule has 40 heavy (non-hydrogen) atoms. The molecule has 2 atom stereocenters. The molecule has 2 aliphatic carbocycles. The summed E-state index contributed by atoms with van der Waals surface area (Å²) in [6, 6.07) is 3.62. The molecule has 0 aromatic heterocycles. The average molecular weight is 571 g/mol. The van der Waals surface area contributed by atoms with Gasteiger partial charge in [0.1, 0.15) is 11.6 Å². The minimum atomic E-state index is -4.94. The molecule has 2 aromatic rings. The van der Waals surface area contributed by atoms with Crippen LogP contribution in [0.2, 0.25) is 0 Å². The van der Waals surface area contributed by atoms with E-state index in [0.29, 0.717) is 50.7 Å². The molecule has 0 radical (unpaired) electrons. The SMILES string of the molecule is COc1cc(F)c(OC2CCC(C(=O)O)CC2)cc1C(=O)NC1CCC1C(=O)Nc1ccc(F)c(C(F)(F)F)c1. The molecule has 0 saturated heterocycles. The molecule has 216 valence electrons. The summed E-state index contributed by atoms with van der Waals surface area (Å²) in [4.78, 5) is 37.0. The van der Waals surface area contributed by atoms with Crippen LogP contribution in [0.1, 0.15) is 54.4 Å². The normalized spacial score (nSPS) is 22.6. The summed E-state index contributed by atoms with van der Waals surface area (Å²) >= 11 is 0. The van der Waals surface area contributed by atoms with Crippen LogP contribution in [0.25, 0.3) is 0 Å². The average Bonchev–Trinajstić information content (AvgIpc) is 2.88. The zero-order valence-corrected chi connectivity index (χ0v) is 21.3. The fraction of sp³-hybridized carbons (Fsp3) is 0.444. The van der Waals surface area contributed by atoms with Crippen molar-refractivity contribution in [2.24, 2.45) is 11.8 Å². The van der Waals surface area contributed by atoms with Crippen molar-refractivity contribution < 1.29 is 50.9 Å². The number of halogens is 5. The van der Waals surface area contributed by atoms with E-state index in [9.17, 15) is 36.3 Å². The maximum absolute atomic E-state index is 14.7.